The quantitative estimate of drug-likeness (QED) is 0.468. The average Bonchev–Trinajstić information content (AvgIpc) is 2.72. The molecule has 0 aliphatic rings. The van der Waals surface area contributed by atoms with Crippen LogP contribution >= 0.6 is 0 Å². The fourth-order valence-corrected chi connectivity index (χ4v) is 2.60. The summed E-state index contributed by atoms with van der Waals surface area (Å²) in [5.74, 6) is -0.462. The second-order valence-electron chi connectivity index (χ2n) is 4.21. The lowest BCUT2D eigenvalue weighted by Gasteiger charge is -2.15. The number of hydrogen-bond donors (Lipinski definition) is 1. The maximum atomic E-state index is 11.1. The van der Waals surface area contributed by atoms with Gasteiger partial charge in [0.15, 0.2) is 5.75 Å². The summed E-state index contributed by atoms with van der Waals surface area (Å²) in [4.78, 5) is 2.55. The van der Waals surface area contributed by atoms with Gasteiger partial charge in [-0.2, -0.15) is 5.10 Å². The first-order valence-corrected chi connectivity index (χ1v) is 8.16. The summed E-state index contributed by atoms with van der Waals surface area (Å²) in [5, 5.41) is 3.94. The minimum Gasteiger partial charge on any atom is -0.744 e. The molecule has 2 N–H and O–H groups in total. The van der Waals surface area contributed by atoms with Gasteiger partial charge in [0, 0.05) is 0 Å². The molecular weight excluding hydrogens is 348 g/mol. The average molecular weight is 356 g/mol. The van der Waals surface area contributed by atoms with Crippen molar-refractivity contribution in [3.63, 3.8) is 0 Å². The Bertz CT molecular complexity index is 944. The predicted molar refractivity (Wildman–Crippen MR) is 76.5 cm³/mol. The van der Waals surface area contributed by atoms with Crippen LogP contribution in [0.25, 0.3) is 10.5 Å². The van der Waals surface area contributed by atoms with Gasteiger partial charge in [-0.3, -0.25) is 0 Å². The van der Waals surface area contributed by atoms with Crippen LogP contribution < -0.4 is 9.92 Å². The lowest BCUT2D eigenvalue weighted by atomic mass is 10.3. The topological polar surface area (TPSA) is 155 Å². The number of aryl methyl sites for hydroxylation is 1. The molecule has 1 aromatic carbocycles. The van der Waals surface area contributed by atoms with Gasteiger partial charge in [0.1, 0.15) is 33.0 Å². The van der Waals surface area contributed by atoms with E-state index in [9.17, 15) is 21.7 Å². The SMILES string of the molecule is [C-]#[N+]c1c(C)nn(-c2cc(S(=O)(=O)[O-])ccc2OS(=O)[O-])c1N. The molecule has 0 saturated carbocycles. The van der Waals surface area contributed by atoms with Crippen LogP contribution in [-0.4, -0.2) is 31.5 Å². The number of benzene rings is 1. The van der Waals surface area contributed by atoms with Gasteiger partial charge in [0.2, 0.25) is 5.69 Å². The molecule has 0 spiro atoms. The van der Waals surface area contributed by atoms with Crippen LogP contribution in [0, 0.1) is 13.5 Å². The molecule has 0 aliphatic carbocycles. The van der Waals surface area contributed by atoms with E-state index in [1.165, 1.54) is 6.92 Å². The summed E-state index contributed by atoms with van der Waals surface area (Å²) in [6.45, 7) is 8.51. The highest BCUT2D eigenvalue weighted by Gasteiger charge is 2.18. The standard InChI is InChI=1S/C11H10N4O6S2/c1-6-10(13-2)11(12)15(14-6)8-5-7(23(18,19)20)3-4-9(8)21-22(16)17/h3-5H,12H2,1H3,(H,16,17)(H,18,19,20)/p-2. The van der Waals surface area contributed by atoms with Crippen LogP contribution in [0.5, 0.6) is 5.75 Å². The normalized spacial score (nSPS) is 12.6. The fraction of sp³-hybridized carbons (Fsp3) is 0.0909. The predicted octanol–water partition coefficient (Wildman–Crippen LogP) is 0.391. The first-order chi connectivity index (χ1) is 10.6. The van der Waals surface area contributed by atoms with E-state index < -0.39 is 26.4 Å². The number of nitrogens with zero attached hydrogens (tertiary/aromatic N) is 3. The maximum Gasteiger partial charge on any atom is 0.250 e. The van der Waals surface area contributed by atoms with Crippen molar-refractivity contribution in [3.05, 3.63) is 35.3 Å². The highest BCUT2D eigenvalue weighted by atomic mass is 32.2. The van der Waals surface area contributed by atoms with Crippen LogP contribution in [0.3, 0.4) is 0 Å². The minimum atomic E-state index is -4.80. The first-order valence-electron chi connectivity index (χ1n) is 5.75. The zero-order chi connectivity index (χ0) is 17.4. The van der Waals surface area contributed by atoms with Crippen LogP contribution in [0.15, 0.2) is 23.1 Å². The minimum absolute atomic E-state index is 0.00887. The lowest BCUT2D eigenvalue weighted by molar-refractivity contribution is 0.438. The molecule has 122 valence electrons. The van der Waals surface area contributed by atoms with Gasteiger partial charge in [-0.05, 0) is 25.1 Å². The summed E-state index contributed by atoms with van der Waals surface area (Å²) in [5.41, 5.74) is 5.80. The summed E-state index contributed by atoms with van der Waals surface area (Å²) in [6, 6.07) is 2.72. The number of nitrogen functional groups attached to an aromatic ring is 1. The van der Waals surface area contributed by atoms with Gasteiger partial charge in [0.25, 0.3) is 0 Å². The molecule has 1 aromatic heterocycles. The molecular formula is C11H8N4O6S2-2. The molecule has 2 rings (SSSR count). The third kappa shape index (κ3) is 3.32. The maximum absolute atomic E-state index is 11.1. The molecule has 1 heterocycles. The van der Waals surface area contributed by atoms with Crippen molar-refractivity contribution in [1.29, 1.82) is 0 Å². The molecule has 2 aromatic rings. The van der Waals surface area contributed by atoms with Gasteiger partial charge in [-0.1, -0.05) is 0 Å². The molecule has 10 nitrogen and oxygen atoms in total. The molecule has 0 radical (unpaired) electrons. The van der Waals surface area contributed by atoms with E-state index in [0.717, 1.165) is 22.9 Å². The Morgan fingerprint density at radius 1 is 1.48 bits per heavy atom. The van der Waals surface area contributed by atoms with Crippen molar-refractivity contribution in [2.45, 2.75) is 11.8 Å². The number of rotatable bonds is 4. The van der Waals surface area contributed by atoms with Crippen molar-refractivity contribution < 1.29 is 25.9 Å². The molecule has 0 amide bonds. The van der Waals surface area contributed by atoms with Gasteiger partial charge in [-0.15, -0.1) is 0 Å². The van der Waals surface area contributed by atoms with Crippen molar-refractivity contribution >= 4 is 33.0 Å². The molecule has 1 unspecified atom stereocenters. The van der Waals surface area contributed by atoms with Gasteiger partial charge >= 0.3 is 0 Å². The second kappa shape index (κ2) is 5.97. The van der Waals surface area contributed by atoms with E-state index >= 15 is 0 Å². The van der Waals surface area contributed by atoms with E-state index in [2.05, 4.69) is 14.1 Å². The zero-order valence-electron chi connectivity index (χ0n) is 11.4. The Balaban J connectivity index is 2.77. The fourth-order valence-electron chi connectivity index (χ4n) is 1.82. The van der Waals surface area contributed by atoms with E-state index in [-0.39, 0.29) is 28.6 Å². The monoisotopic (exact) mass is 356 g/mol. The van der Waals surface area contributed by atoms with E-state index in [4.69, 9.17) is 12.3 Å². The van der Waals surface area contributed by atoms with E-state index in [0.29, 0.717) is 0 Å². The van der Waals surface area contributed by atoms with E-state index in [1.807, 2.05) is 0 Å². The van der Waals surface area contributed by atoms with Crippen molar-refractivity contribution in [2.75, 3.05) is 5.73 Å². The number of aromatic nitrogens is 2. The molecule has 0 bridgehead atoms. The molecule has 0 aliphatic heterocycles. The third-order valence-corrected chi connectivity index (χ3v) is 3.93. The molecule has 0 fully saturated rings. The van der Waals surface area contributed by atoms with Crippen LogP contribution in [0.4, 0.5) is 11.5 Å². The number of nitrogens with two attached hydrogens (primary N) is 1. The van der Waals surface area contributed by atoms with Gasteiger partial charge < -0.3 is 19.0 Å². The smallest absolute Gasteiger partial charge is 0.250 e. The Morgan fingerprint density at radius 2 is 2.13 bits per heavy atom. The summed E-state index contributed by atoms with van der Waals surface area (Å²) in [6.07, 6.45) is 0. The molecule has 0 saturated heterocycles. The Labute approximate surface area is 133 Å². The first kappa shape index (κ1) is 16.9. The van der Waals surface area contributed by atoms with Crippen LogP contribution in [0.2, 0.25) is 0 Å². The Hall–Kier alpha value is -2.46. The van der Waals surface area contributed by atoms with Crippen molar-refractivity contribution in [1.82, 2.24) is 9.78 Å². The van der Waals surface area contributed by atoms with Gasteiger partial charge in [0.05, 0.1) is 17.2 Å². The number of hydrogen-bond acceptors (Lipinski definition) is 8. The van der Waals surface area contributed by atoms with Crippen molar-refractivity contribution in [3.8, 4) is 11.4 Å². The third-order valence-electron chi connectivity index (χ3n) is 2.78. The summed E-state index contributed by atoms with van der Waals surface area (Å²) >= 11 is -2.96. The molecule has 12 heteroatoms. The largest absolute Gasteiger partial charge is 0.744 e. The lowest BCUT2D eigenvalue weighted by Crippen LogP contribution is -2.09. The highest BCUT2D eigenvalue weighted by molar-refractivity contribution is 7.85. The van der Waals surface area contributed by atoms with Crippen LogP contribution in [0.1, 0.15) is 5.69 Å². The van der Waals surface area contributed by atoms with Crippen molar-refractivity contribution in [2.24, 2.45) is 0 Å². The molecule has 23 heavy (non-hydrogen) atoms. The highest BCUT2D eigenvalue weighted by Crippen LogP contribution is 2.33. The Morgan fingerprint density at radius 3 is 2.61 bits per heavy atom. The zero-order valence-corrected chi connectivity index (χ0v) is 13.1. The summed E-state index contributed by atoms with van der Waals surface area (Å²) in [7, 11) is -4.80. The van der Waals surface area contributed by atoms with E-state index in [1.54, 1.807) is 0 Å². The Kier molecular flexibility index (Phi) is 4.39. The number of anilines is 1. The summed E-state index contributed by atoms with van der Waals surface area (Å²) < 4.78 is 60.3. The second-order valence-corrected chi connectivity index (χ2v) is 6.17. The van der Waals surface area contributed by atoms with Crippen LogP contribution in [-0.2, 0) is 21.5 Å². The molecule has 1 atom stereocenters. The van der Waals surface area contributed by atoms with Gasteiger partial charge in [-0.25, -0.2) is 22.2 Å².